The summed E-state index contributed by atoms with van der Waals surface area (Å²) in [4.78, 5) is 22.0. The molecule has 0 aliphatic heterocycles. The van der Waals surface area contributed by atoms with Crippen LogP contribution in [0.1, 0.15) is 5.56 Å². The van der Waals surface area contributed by atoms with Crippen molar-refractivity contribution in [2.45, 2.75) is 4.90 Å². The van der Waals surface area contributed by atoms with E-state index in [4.69, 9.17) is 0 Å². The number of non-ortho nitro benzene ring substituents is 1. The summed E-state index contributed by atoms with van der Waals surface area (Å²) < 4.78 is 26.4. The molecule has 142 valence electrons. The number of nitro benzene ring substituents is 1. The molecular weight excluding hydrogens is 440 g/mol. The summed E-state index contributed by atoms with van der Waals surface area (Å²) in [5, 5.41) is 14.3. The van der Waals surface area contributed by atoms with Gasteiger partial charge in [-0.1, -0.05) is 15.9 Å². The van der Waals surface area contributed by atoms with Gasteiger partial charge in [0.05, 0.1) is 22.6 Å². The molecule has 0 fully saturated rings. The first-order valence-electron chi connectivity index (χ1n) is 7.48. The highest BCUT2D eigenvalue weighted by molar-refractivity contribution is 9.10. The van der Waals surface area contributed by atoms with E-state index >= 15 is 0 Å². The van der Waals surface area contributed by atoms with E-state index < -0.39 is 27.4 Å². The standard InChI is InChI=1S/C16H15BrN4O5S/c1-20(27(25,26)15-8-4-13(17)5-9-15)11-16(22)19-18-10-12-2-6-14(7-3-12)21(23)24/h2-10H,11H2,1H3,(H,19,22)/b18-10-. The first kappa shape index (κ1) is 20.7. The predicted octanol–water partition coefficient (Wildman–Crippen LogP) is 2.13. The smallest absolute Gasteiger partial charge is 0.269 e. The number of nitrogens with one attached hydrogen (secondary N) is 1. The van der Waals surface area contributed by atoms with Crippen molar-refractivity contribution in [3.05, 3.63) is 68.7 Å². The Morgan fingerprint density at radius 3 is 2.37 bits per heavy atom. The van der Waals surface area contributed by atoms with Crippen molar-refractivity contribution >= 4 is 43.8 Å². The van der Waals surface area contributed by atoms with Gasteiger partial charge in [-0.25, -0.2) is 13.8 Å². The van der Waals surface area contributed by atoms with E-state index in [2.05, 4.69) is 26.5 Å². The molecule has 9 nitrogen and oxygen atoms in total. The number of carbonyl (C=O) groups excluding carboxylic acids is 1. The zero-order valence-electron chi connectivity index (χ0n) is 14.1. The SMILES string of the molecule is CN(CC(=O)N/N=C\c1ccc([N+](=O)[O-])cc1)S(=O)(=O)c1ccc(Br)cc1. The molecule has 0 atom stereocenters. The highest BCUT2D eigenvalue weighted by atomic mass is 79.9. The normalized spacial score (nSPS) is 11.7. The molecule has 0 radical (unpaired) electrons. The minimum Gasteiger partial charge on any atom is -0.272 e. The number of hydrogen-bond acceptors (Lipinski definition) is 6. The van der Waals surface area contributed by atoms with Gasteiger partial charge in [-0.2, -0.15) is 9.41 Å². The van der Waals surface area contributed by atoms with Crippen LogP contribution in [0.2, 0.25) is 0 Å². The summed E-state index contributed by atoms with van der Waals surface area (Å²) in [6, 6.07) is 11.6. The van der Waals surface area contributed by atoms with Crippen LogP contribution in [0.3, 0.4) is 0 Å². The lowest BCUT2D eigenvalue weighted by molar-refractivity contribution is -0.384. The zero-order valence-corrected chi connectivity index (χ0v) is 16.5. The Balaban J connectivity index is 1.94. The Morgan fingerprint density at radius 2 is 1.81 bits per heavy atom. The third kappa shape index (κ3) is 5.67. The Labute approximate surface area is 164 Å². The maximum absolute atomic E-state index is 12.4. The maximum Gasteiger partial charge on any atom is 0.269 e. The van der Waals surface area contributed by atoms with Gasteiger partial charge in [0.2, 0.25) is 10.0 Å². The second-order valence-corrected chi connectivity index (χ2v) is 8.32. The number of hydrogen-bond donors (Lipinski definition) is 1. The van der Waals surface area contributed by atoms with E-state index in [0.29, 0.717) is 5.56 Å². The number of benzene rings is 2. The van der Waals surface area contributed by atoms with Crippen LogP contribution in [0.5, 0.6) is 0 Å². The van der Waals surface area contributed by atoms with E-state index in [0.717, 1.165) is 8.78 Å². The number of rotatable bonds is 7. The lowest BCUT2D eigenvalue weighted by atomic mass is 10.2. The quantitative estimate of drug-likeness (QED) is 0.390. The van der Waals surface area contributed by atoms with Gasteiger partial charge in [0.25, 0.3) is 11.6 Å². The number of sulfonamides is 1. The van der Waals surface area contributed by atoms with Crippen molar-refractivity contribution in [3.63, 3.8) is 0 Å². The van der Waals surface area contributed by atoms with Crippen LogP contribution in [0.25, 0.3) is 0 Å². The molecule has 0 bridgehead atoms. The molecule has 0 aliphatic carbocycles. The molecule has 1 amide bonds. The minimum absolute atomic E-state index is 0.0593. The van der Waals surface area contributed by atoms with E-state index in [1.807, 2.05) is 0 Å². The van der Waals surface area contributed by atoms with Crippen molar-refractivity contribution in [1.29, 1.82) is 0 Å². The fourth-order valence-electron chi connectivity index (χ4n) is 1.97. The molecule has 27 heavy (non-hydrogen) atoms. The van der Waals surface area contributed by atoms with Gasteiger partial charge < -0.3 is 0 Å². The number of nitro groups is 1. The summed E-state index contributed by atoms with van der Waals surface area (Å²) in [5.41, 5.74) is 2.69. The largest absolute Gasteiger partial charge is 0.272 e. The Bertz CT molecular complexity index is 959. The lowest BCUT2D eigenvalue weighted by Gasteiger charge is -2.16. The fraction of sp³-hybridized carbons (Fsp3) is 0.125. The molecular formula is C16H15BrN4O5S. The van der Waals surface area contributed by atoms with Crippen LogP contribution in [0.15, 0.2) is 63.0 Å². The van der Waals surface area contributed by atoms with Gasteiger partial charge in [0.1, 0.15) is 0 Å². The second-order valence-electron chi connectivity index (χ2n) is 5.36. The van der Waals surface area contributed by atoms with Crippen LogP contribution in [0.4, 0.5) is 5.69 Å². The molecule has 0 aromatic heterocycles. The summed E-state index contributed by atoms with van der Waals surface area (Å²) in [6.45, 7) is -0.421. The molecule has 0 spiro atoms. The summed E-state index contributed by atoms with van der Waals surface area (Å²) in [6.07, 6.45) is 1.30. The van der Waals surface area contributed by atoms with Gasteiger partial charge in [0, 0.05) is 23.7 Å². The third-order valence-corrected chi connectivity index (χ3v) is 5.74. The summed E-state index contributed by atoms with van der Waals surface area (Å²) >= 11 is 3.23. The molecule has 0 saturated carbocycles. The van der Waals surface area contributed by atoms with Crippen LogP contribution < -0.4 is 5.43 Å². The Kier molecular flexibility index (Phi) is 6.77. The fourth-order valence-corrected chi connectivity index (χ4v) is 3.36. The number of likely N-dealkylation sites (N-methyl/N-ethyl adjacent to an activating group) is 1. The van der Waals surface area contributed by atoms with Gasteiger partial charge in [-0.05, 0) is 42.0 Å². The highest BCUT2D eigenvalue weighted by Crippen LogP contribution is 2.17. The molecule has 2 rings (SSSR count). The van der Waals surface area contributed by atoms with Gasteiger partial charge >= 0.3 is 0 Å². The Morgan fingerprint density at radius 1 is 1.22 bits per heavy atom. The number of amides is 1. The number of halogens is 1. The van der Waals surface area contributed by atoms with Crippen molar-refractivity contribution in [3.8, 4) is 0 Å². The number of carbonyl (C=O) groups is 1. The van der Waals surface area contributed by atoms with Crippen molar-refractivity contribution in [1.82, 2.24) is 9.73 Å². The first-order valence-corrected chi connectivity index (χ1v) is 9.72. The van der Waals surface area contributed by atoms with Gasteiger partial charge in [0.15, 0.2) is 0 Å². The molecule has 11 heteroatoms. The summed E-state index contributed by atoms with van der Waals surface area (Å²) in [5.74, 6) is -0.628. The molecule has 0 unspecified atom stereocenters. The van der Waals surface area contributed by atoms with Crippen LogP contribution in [-0.4, -0.2) is 43.4 Å². The van der Waals surface area contributed by atoms with Crippen molar-refractivity contribution in [2.24, 2.45) is 5.10 Å². The zero-order chi connectivity index (χ0) is 20.0. The van der Waals surface area contributed by atoms with E-state index in [9.17, 15) is 23.3 Å². The van der Waals surface area contributed by atoms with Crippen LogP contribution in [0, 0.1) is 10.1 Å². The molecule has 2 aromatic rings. The van der Waals surface area contributed by atoms with Gasteiger partial charge in [-0.3, -0.25) is 14.9 Å². The molecule has 2 aromatic carbocycles. The maximum atomic E-state index is 12.4. The topological polar surface area (TPSA) is 122 Å². The molecule has 0 aliphatic rings. The van der Waals surface area contributed by atoms with Crippen LogP contribution >= 0.6 is 15.9 Å². The van der Waals surface area contributed by atoms with E-state index in [1.165, 1.54) is 49.7 Å². The second kappa shape index (κ2) is 8.84. The van der Waals surface area contributed by atoms with E-state index in [-0.39, 0.29) is 10.6 Å². The average molecular weight is 455 g/mol. The summed E-state index contributed by atoms with van der Waals surface area (Å²) in [7, 11) is -2.52. The minimum atomic E-state index is -3.80. The average Bonchev–Trinajstić information content (AvgIpc) is 2.62. The number of nitrogens with zero attached hydrogens (tertiary/aromatic N) is 3. The third-order valence-electron chi connectivity index (χ3n) is 3.39. The first-order chi connectivity index (χ1) is 12.7. The van der Waals surface area contributed by atoms with E-state index in [1.54, 1.807) is 12.1 Å². The van der Waals surface area contributed by atoms with Crippen molar-refractivity contribution < 1.29 is 18.1 Å². The molecule has 1 N–H and O–H groups in total. The lowest BCUT2D eigenvalue weighted by Crippen LogP contribution is -2.36. The Hall–Kier alpha value is -2.63. The predicted molar refractivity (Wildman–Crippen MR) is 103 cm³/mol. The monoisotopic (exact) mass is 454 g/mol. The van der Waals surface area contributed by atoms with Crippen molar-refractivity contribution in [2.75, 3.05) is 13.6 Å². The van der Waals surface area contributed by atoms with Gasteiger partial charge in [-0.15, -0.1) is 0 Å². The molecule has 0 heterocycles. The highest BCUT2D eigenvalue weighted by Gasteiger charge is 2.22. The number of hydrazone groups is 1. The molecule has 0 saturated heterocycles. The van der Waals surface area contributed by atoms with Crippen LogP contribution in [-0.2, 0) is 14.8 Å².